The van der Waals surface area contributed by atoms with Crippen LogP contribution in [0.3, 0.4) is 0 Å². The lowest BCUT2D eigenvalue weighted by Gasteiger charge is -2.20. The summed E-state index contributed by atoms with van der Waals surface area (Å²) in [5.41, 5.74) is 2.10. The van der Waals surface area contributed by atoms with Crippen molar-refractivity contribution >= 4 is 10.0 Å². The molecule has 0 N–H and O–H groups in total. The van der Waals surface area contributed by atoms with Crippen LogP contribution in [-0.4, -0.2) is 39.5 Å². The molecule has 5 heteroatoms. The van der Waals surface area contributed by atoms with Crippen LogP contribution in [0.1, 0.15) is 17.5 Å². The molecule has 1 aromatic carbocycles. The fraction of sp³-hybridized carbons (Fsp3) is 0.571. The number of hydrogen-bond donors (Lipinski definition) is 0. The molecule has 0 aromatic heterocycles. The Bertz CT molecular complexity index is 548. The van der Waals surface area contributed by atoms with Gasteiger partial charge in [-0.2, -0.15) is 0 Å². The van der Waals surface area contributed by atoms with Gasteiger partial charge in [0.1, 0.15) is 0 Å². The van der Waals surface area contributed by atoms with Gasteiger partial charge in [0.15, 0.2) is 0 Å². The van der Waals surface area contributed by atoms with Crippen LogP contribution in [0.4, 0.5) is 0 Å². The molecule has 2 rings (SSSR count). The highest BCUT2D eigenvalue weighted by Gasteiger charge is 2.26. The Morgan fingerprint density at radius 1 is 1.32 bits per heavy atom. The Balaban J connectivity index is 2.18. The van der Waals surface area contributed by atoms with Gasteiger partial charge >= 0.3 is 0 Å². The minimum absolute atomic E-state index is 0.311. The largest absolute Gasteiger partial charge is 0.381 e. The molecule has 1 fully saturated rings. The van der Waals surface area contributed by atoms with Gasteiger partial charge in [0.05, 0.1) is 11.5 Å². The van der Waals surface area contributed by atoms with Crippen LogP contribution in [0.2, 0.25) is 0 Å². The lowest BCUT2D eigenvalue weighted by atomic mass is 10.1. The number of ether oxygens (including phenoxy) is 1. The summed E-state index contributed by atoms with van der Waals surface area (Å²) in [5, 5.41) is 0. The van der Waals surface area contributed by atoms with E-state index in [1.165, 1.54) is 4.31 Å². The van der Waals surface area contributed by atoms with E-state index in [1.54, 1.807) is 19.2 Å². The van der Waals surface area contributed by atoms with E-state index < -0.39 is 10.0 Å². The maximum absolute atomic E-state index is 12.5. The highest BCUT2D eigenvalue weighted by atomic mass is 32.2. The lowest BCUT2D eigenvalue weighted by molar-refractivity contribution is 0.182. The summed E-state index contributed by atoms with van der Waals surface area (Å²) < 4.78 is 31.7. The van der Waals surface area contributed by atoms with E-state index >= 15 is 0 Å². The number of rotatable bonds is 4. The SMILES string of the molecule is Cc1ccc(S(=O)(=O)N(C)CC2CCOC2)cc1C. The average Bonchev–Trinajstić information content (AvgIpc) is 2.85. The van der Waals surface area contributed by atoms with Crippen LogP contribution in [0.5, 0.6) is 0 Å². The van der Waals surface area contributed by atoms with Crippen LogP contribution >= 0.6 is 0 Å². The molecular formula is C14H21NO3S. The molecule has 0 spiro atoms. The predicted octanol–water partition coefficient (Wildman–Crippen LogP) is 1.96. The molecule has 19 heavy (non-hydrogen) atoms. The molecule has 1 aromatic rings. The molecule has 0 bridgehead atoms. The minimum Gasteiger partial charge on any atom is -0.381 e. The molecule has 0 radical (unpaired) electrons. The number of aryl methyl sites for hydroxylation is 2. The number of hydrogen-bond acceptors (Lipinski definition) is 3. The zero-order valence-corrected chi connectivity index (χ0v) is 12.5. The van der Waals surface area contributed by atoms with E-state index in [-0.39, 0.29) is 0 Å². The first-order valence-electron chi connectivity index (χ1n) is 6.52. The van der Waals surface area contributed by atoms with Gasteiger partial charge in [-0.25, -0.2) is 12.7 Å². The third-order valence-corrected chi connectivity index (χ3v) is 5.55. The monoisotopic (exact) mass is 283 g/mol. The second-order valence-corrected chi connectivity index (χ2v) is 7.31. The van der Waals surface area contributed by atoms with Gasteiger partial charge in [-0.3, -0.25) is 0 Å². The highest BCUT2D eigenvalue weighted by Crippen LogP contribution is 2.21. The number of benzene rings is 1. The van der Waals surface area contributed by atoms with E-state index in [2.05, 4.69) is 0 Å². The van der Waals surface area contributed by atoms with Gasteiger partial charge in [0, 0.05) is 20.2 Å². The third-order valence-electron chi connectivity index (χ3n) is 3.73. The normalized spacial score (nSPS) is 20.1. The van der Waals surface area contributed by atoms with Crippen LogP contribution in [-0.2, 0) is 14.8 Å². The van der Waals surface area contributed by atoms with Crippen molar-refractivity contribution in [1.82, 2.24) is 4.31 Å². The van der Waals surface area contributed by atoms with Gasteiger partial charge in [-0.1, -0.05) is 6.07 Å². The zero-order chi connectivity index (χ0) is 14.0. The zero-order valence-electron chi connectivity index (χ0n) is 11.7. The van der Waals surface area contributed by atoms with Crippen LogP contribution in [0.25, 0.3) is 0 Å². The molecule has 1 saturated heterocycles. The van der Waals surface area contributed by atoms with Crippen molar-refractivity contribution in [2.45, 2.75) is 25.2 Å². The molecule has 0 amide bonds. The van der Waals surface area contributed by atoms with Gasteiger partial charge in [-0.05, 0) is 49.4 Å². The number of nitrogens with zero attached hydrogens (tertiary/aromatic N) is 1. The Morgan fingerprint density at radius 2 is 2.05 bits per heavy atom. The Morgan fingerprint density at radius 3 is 2.63 bits per heavy atom. The lowest BCUT2D eigenvalue weighted by Crippen LogP contribution is -2.32. The molecular weight excluding hydrogens is 262 g/mol. The maximum Gasteiger partial charge on any atom is 0.242 e. The van der Waals surface area contributed by atoms with Crippen molar-refractivity contribution < 1.29 is 13.2 Å². The summed E-state index contributed by atoms with van der Waals surface area (Å²) in [4.78, 5) is 0.372. The first-order chi connectivity index (χ1) is 8.91. The molecule has 1 atom stereocenters. The topological polar surface area (TPSA) is 46.6 Å². The first kappa shape index (κ1) is 14.5. The Hall–Kier alpha value is -0.910. The second kappa shape index (κ2) is 5.61. The van der Waals surface area contributed by atoms with Crippen LogP contribution in [0, 0.1) is 19.8 Å². The van der Waals surface area contributed by atoms with Crippen molar-refractivity contribution in [3.8, 4) is 0 Å². The Kier molecular flexibility index (Phi) is 4.28. The summed E-state index contributed by atoms with van der Waals surface area (Å²) in [6.07, 6.45) is 0.937. The second-order valence-electron chi connectivity index (χ2n) is 5.26. The molecule has 0 aliphatic carbocycles. The first-order valence-corrected chi connectivity index (χ1v) is 7.96. The highest BCUT2D eigenvalue weighted by molar-refractivity contribution is 7.89. The molecule has 1 aliphatic heterocycles. The molecule has 1 unspecified atom stereocenters. The smallest absolute Gasteiger partial charge is 0.242 e. The summed E-state index contributed by atoms with van der Waals surface area (Å²) in [6.45, 7) is 5.83. The van der Waals surface area contributed by atoms with Crippen molar-refractivity contribution in [2.24, 2.45) is 5.92 Å². The van der Waals surface area contributed by atoms with Crippen molar-refractivity contribution in [3.05, 3.63) is 29.3 Å². The summed E-state index contributed by atoms with van der Waals surface area (Å²) in [5.74, 6) is 0.311. The van der Waals surface area contributed by atoms with Crippen molar-refractivity contribution in [3.63, 3.8) is 0 Å². The van der Waals surface area contributed by atoms with Crippen molar-refractivity contribution in [1.29, 1.82) is 0 Å². The fourth-order valence-corrected chi connectivity index (χ4v) is 3.58. The summed E-state index contributed by atoms with van der Waals surface area (Å²) >= 11 is 0. The number of sulfonamides is 1. The van der Waals surface area contributed by atoms with Gasteiger partial charge in [-0.15, -0.1) is 0 Å². The van der Waals surface area contributed by atoms with Crippen molar-refractivity contribution in [2.75, 3.05) is 26.8 Å². The van der Waals surface area contributed by atoms with E-state index in [0.29, 0.717) is 24.0 Å². The molecule has 1 aliphatic rings. The minimum atomic E-state index is -3.39. The fourth-order valence-electron chi connectivity index (χ4n) is 2.24. The molecule has 106 valence electrons. The van der Waals surface area contributed by atoms with Gasteiger partial charge < -0.3 is 4.74 Å². The van der Waals surface area contributed by atoms with E-state index in [0.717, 1.165) is 24.2 Å². The quantitative estimate of drug-likeness (QED) is 0.848. The predicted molar refractivity (Wildman–Crippen MR) is 74.7 cm³/mol. The maximum atomic E-state index is 12.5. The van der Waals surface area contributed by atoms with Crippen LogP contribution < -0.4 is 0 Å². The van der Waals surface area contributed by atoms with Crippen LogP contribution in [0.15, 0.2) is 23.1 Å². The standard InChI is InChI=1S/C14H21NO3S/c1-11-4-5-14(8-12(11)2)19(16,17)15(3)9-13-6-7-18-10-13/h4-5,8,13H,6-7,9-10H2,1-3H3. The Labute approximate surface area is 115 Å². The molecule has 0 saturated carbocycles. The van der Waals surface area contributed by atoms with E-state index in [1.807, 2.05) is 19.9 Å². The molecule has 1 heterocycles. The average molecular weight is 283 g/mol. The van der Waals surface area contributed by atoms with Gasteiger partial charge in [0.2, 0.25) is 10.0 Å². The third kappa shape index (κ3) is 3.16. The van der Waals surface area contributed by atoms with Gasteiger partial charge in [0.25, 0.3) is 0 Å². The van der Waals surface area contributed by atoms with E-state index in [9.17, 15) is 8.42 Å². The van der Waals surface area contributed by atoms with E-state index in [4.69, 9.17) is 4.74 Å². The molecule has 4 nitrogen and oxygen atoms in total. The summed E-state index contributed by atoms with van der Waals surface area (Å²) in [6, 6.07) is 5.28. The summed E-state index contributed by atoms with van der Waals surface area (Å²) in [7, 11) is -1.75.